The smallest absolute Gasteiger partial charge is 0.0641 e. The second kappa shape index (κ2) is 5.05. The van der Waals surface area contributed by atoms with Gasteiger partial charge in [0.2, 0.25) is 0 Å². The standard InChI is InChI=1S/C14H27NO/c1-4-11-6-5-7-13(11)15-12-8-9-16-14(2,3)10-12/h11-13,15H,4-10H2,1-3H3. The molecular weight excluding hydrogens is 198 g/mol. The van der Waals surface area contributed by atoms with Crippen molar-refractivity contribution < 1.29 is 4.74 Å². The first kappa shape index (κ1) is 12.4. The summed E-state index contributed by atoms with van der Waals surface area (Å²) in [5, 5.41) is 3.89. The maximum Gasteiger partial charge on any atom is 0.0641 e. The molecule has 3 atom stereocenters. The lowest BCUT2D eigenvalue weighted by Crippen LogP contribution is -2.48. The Labute approximate surface area is 100 Å². The Morgan fingerprint density at radius 3 is 2.75 bits per heavy atom. The molecule has 2 nitrogen and oxygen atoms in total. The molecule has 16 heavy (non-hydrogen) atoms. The fraction of sp³-hybridized carbons (Fsp3) is 1.00. The molecule has 1 aliphatic carbocycles. The Kier molecular flexibility index (Phi) is 3.91. The minimum Gasteiger partial charge on any atom is -0.375 e. The Morgan fingerprint density at radius 2 is 2.06 bits per heavy atom. The zero-order valence-electron chi connectivity index (χ0n) is 11.1. The molecule has 3 unspecified atom stereocenters. The lowest BCUT2D eigenvalue weighted by molar-refractivity contribution is -0.0646. The molecule has 2 fully saturated rings. The van der Waals surface area contributed by atoms with Gasteiger partial charge < -0.3 is 10.1 Å². The zero-order valence-corrected chi connectivity index (χ0v) is 11.1. The third-order valence-electron chi connectivity index (χ3n) is 4.33. The monoisotopic (exact) mass is 225 g/mol. The highest BCUT2D eigenvalue weighted by Crippen LogP contribution is 2.31. The quantitative estimate of drug-likeness (QED) is 0.797. The summed E-state index contributed by atoms with van der Waals surface area (Å²) in [7, 11) is 0. The number of hydrogen-bond acceptors (Lipinski definition) is 2. The molecule has 1 N–H and O–H groups in total. The first-order valence-electron chi connectivity index (χ1n) is 7.01. The van der Waals surface area contributed by atoms with Crippen LogP contribution >= 0.6 is 0 Å². The number of nitrogens with one attached hydrogen (secondary N) is 1. The first-order valence-corrected chi connectivity index (χ1v) is 7.01. The highest BCUT2D eigenvalue weighted by atomic mass is 16.5. The predicted octanol–water partition coefficient (Wildman–Crippen LogP) is 3.11. The van der Waals surface area contributed by atoms with Gasteiger partial charge in [0.1, 0.15) is 0 Å². The summed E-state index contributed by atoms with van der Waals surface area (Å²) in [5.74, 6) is 0.922. The van der Waals surface area contributed by atoms with E-state index in [4.69, 9.17) is 4.74 Å². The fourth-order valence-electron chi connectivity index (χ4n) is 3.42. The summed E-state index contributed by atoms with van der Waals surface area (Å²) in [6.07, 6.45) is 7.93. The first-order chi connectivity index (χ1) is 7.61. The summed E-state index contributed by atoms with van der Waals surface area (Å²) < 4.78 is 5.77. The van der Waals surface area contributed by atoms with Crippen molar-refractivity contribution in [3.63, 3.8) is 0 Å². The van der Waals surface area contributed by atoms with Crippen LogP contribution in [0.15, 0.2) is 0 Å². The van der Waals surface area contributed by atoms with Crippen molar-refractivity contribution in [1.82, 2.24) is 5.32 Å². The van der Waals surface area contributed by atoms with Crippen molar-refractivity contribution in [3.05, 3.63) is 0 Å². The lowest BCUT2D eigenvalue weighted by atomic mass is 9.92. The Bertz CT molecular complexity index is 227. The molecule has 0 radical (unpaired) electrons. The van der Waals surface area contributed by atoms with Crippen molar-refractivity contribution in [2.45, 2.75) is 77.0 Å². The summed E-state index contributed by atoms with van der Waals surface area (Å²) in [4.78, 5) is 0. The average molecular weight is 225 g/mol. The third-order valence-corrected chi connectivity index (χ3v) is 4.33. The molecule has 0 amide bonds. The minimum atomic E-state index is 0.0796. The van der Waals surface area contributed by atoms with Crippen molar-refractivity contribution in [2.75, 3.05) is 6.61 Å². The van der Waals surface area contributed by atoms with E-state index < -0.39 is 0 Å². The summed E-state index contributed by atoms with van der Waals surface area (Å²) >= 11 is 0. The van der Waals surface area contributed by atoms with Crippen LogP contribution in [-0.2, 0) is 4.74 Å². The second-order valence-corrected chi connectivity index (χ2v) is 6.17. The number of hydrogen-bond donors (Lipinski definition) is 1. The fourth-order valence-corrected chi connectivity index (χ4v) is 3.42. The van der Waals surface area contributed by atoms with Crippen molar-refractivity contribution in [3.8, 4) is 0 Å². The summed E-state index contributed by atoms with van der Waals surface area (Å²) in [6, 6.07) is 1.46. The van der Waals surface area contributed by atoms with E-state index in [2.05, 4.69) is 26.1 Å². The van der Waals surface area contributed by atoms with Gasteiger partial charge in [-0.05, 0) is 45.4 Å². The SMILES string of the molecule is CCC1CCCC1NC1CCOC(C)(C)C1. The molecule has 2 rings (SSSR count). The van der Waals surface area contributed by atoms with E-state index in [1.54, 1.807) is 0 Å². The highest BCUT2D eigenvalue weighted by Gasteiger charge is 2.33. The van der Waals surface area contributed by atoms with Gasteiger partial charge in [-0.1, -0.05) is 19.8 Å². The van der Waals surface area contributed by atoms with E-state index in [0.717, 1.165) is 18.6 Å². The van der Waals surface area contributed by atoms with Gasteiger partial charge >= 0.3 is 0 Å². The molecule has 0 aromatic heterocycles. The topological polar surface area (TPSA) is 21.3 Å². The van der Waals surface area contributed by atoms with E-state index in [-0.39, 0.29) is 5.60 Å². The van der Waals surface area contributed by atoms with Gasteiger partial charge in [-0.3, -0.25) is 0 Å². The van der Waals surface area contributed by atoms with Crippen LogP contribution in [0.2, 0.25) is 0 Å². The Balaban J connectivity index is 1.84. The van der Waals surface area contributed by atoms with Gasteiger partial charge in [-0.15, -0.1) is 0 Å². The molecular formula is C14H27NO. The molecule has 0 bridgehead atoms. The largest absolute Gasteiger partial charge is 0.375 e. The van der Waals surface area contributed by atoms with Crippen LogP contribution in [-0.4, -0.2) is 24.3 Å². The summed E-state index contributed by atoms with van der Waals surface area (Å²) in [5.41, 5.74) is 0.0796. The maximum atomic E-state index is 5.77. The van der Waals surface area contributed by atoms with Crippen LogP contribution in [0.4, 0.5) is 0 Å². The third kappa shape index (κ3) is 2.98. The number of ether oxygens (including phenoxy) is 1. The molecule has 2 heteroatoms. The van der Waals surface area contributed by atoms with E-state index in [9.17, 15) is 0 Å². The normalized spacial score (nSPS) is 38.8. The van der Waals surface area contributed by atoms with Crippen LogP contribution < -0.4 is 5.32 Å². The van der Waals surface area contributed by atoms with Crippen LogP contribution in [0.1, 0.15) is 59.3 Å². The number of rotatable bonds is 3. The molecule has 0 spiro atoms. The molecule has 1 heterocycles. The molecule has 0 aromatic rings. The van der Waals surface area contributed by atoms with Gasteiger partial charge in [0.05, 0.1) is 5.60 Å². The average Bonchev–Trinajstić information content (AvgIpc) is 2.63. The van der Waals surface area contributed by atoms with E-state index in [1.165, 1.54) is 38.5 Å². The van der Waals surface area contributed by atoms with Gasteiger partial charge in [-0.2, -0.15) is 0 Å². The van der Waals surface area contributed by atoms with Gasteiger partial charge in [0.25, 0.3) is 0 Å². The van der Waals surface area contributed by atoms with E-state index in [1.807, 2.05) is 0 Å². The van der Waals surface area contributed by atoms with Crippen LogP contribution in [0.25, 0.3) is 0 Å². The molecule has 1 saturated carbocycles. The highest BCUT2D eigenvalue weighted by molar-refractivity contribution is 4.89. The Hall–Kier alpha value is -0.0800. The van der Waals surface area contributed by atoms with Crippen molar-refractivity contribution in [2.24, 2.45) is 5.92 Å². The maximum absolute atomic E-state index is 5.77. The molecule has 94 valence electrons. The van der Waals surface area contributed by atoms with E-state index >= 15 is 0 Å². The second-order valence-electron chi connectivity index (χ2n) is 6.17. The Morgan fingerprint density at radius 1 is 1.25 bits per heavy atom. The van der Waals surface area contributed by atoms with Gasteiger partial charge in [0, 0.05) is 18.7 Å². The summed E-state index contributed by atoms with van der Waals surface area (Å²) in [6.45, 7) is 7.69. The lowest BCUT2D eigenvalue weighted by Gasteiger charge is -2.38. The van der Waals surface area contributed by atoms with Gasteiger partial charge in [0.15, 0.2) is 0 Å². The minimum absolute atomic E-state index is 0.0796. The van der Waals surface area contributed by atoms with Gasteiger partial charge in [-0.25, -0.2) is 0 Å². The van der Waals surface area contributed by atoms with Crippen LogP contribution in [0, 0.1) is 5.92 Å². The zero-order chi connectivity index (χ0) is 11.6. The van der Waals surface area contributed by atoms with Crippen molar-refractivity contribution in [1.29, 1.82) is 0 Å². The van der Waals surface area contributed by atoms with Crippen molar-refractivity contribution >= 4 is 0 Å². The predicted molar refractivity (Wildman–Crippen MR) is 67.6 cm³/mol. The van der Waals surface area contributed by atoms with E-state index in [0.29, 0.717) is 6.04 Å². The van der Waals surface area contributed by atoms with Crippen LogP contribution in [0.5, 0.6) is 0 Å². The van der Waals surface area contributed by atoms with Crippen LogP contribution in [0.3, 0.4) is 0 Å². The molecule has 2 aliphatic rings. The molecule has 0 aromatic carbocycles. The molecule has 1 saturated heterocycles. The molecule has 1 aliphatic heterocycles.